The highest BCUT2D eigenvalue weighted by atomic mass is 32.1. The zero-order valence-electron chi connectivity index (χ0n) is 13.9. The number of ether oxygens (including phenoxy) is 1. The number of carbonyl (C=O) groups is 1. The van der Waals surface area contributed by atoms with Gasteiger partial charge in [0.25, 0.3) is 11.1 Å². The summed E-state index contributed by atoms with van der Waals surface area (Å²) >= 11 is 0.911. The minimum atomic E-state index is -4.49. The summed E-state index contributed by atoms with van der Waals surface area (Å²) in [7, 11) is 0. The zero-order valence-corrected chi connectivity index (χ0v) is 14.7. The summed E-state index contributed by atoms with van der Waals surface area (Å²) in [5.74, 6) is -0.604. The molecule has 0 unspecified atom stereocenters. The number of aromatic nitrogens is 1. The van der Waals surface area contributed by atoms with Crippen molar-refractivity contribution in [2.45, 2.75) is 13.1 Å². The number of nitrogens with zero attached hydrogens (tertiary/aromatic N) is 2. The third-order valence-corrected chi connectivity index (χ3v) is 4.99. The van der Waals surface area contributed by atoms with E-state index in [1.54, 1.807) is 6.92 Å². The van der Waals surface area contributed by atoms with E-state index in [0.29, 0.717) is 24.5 Å². The van der Waals surface area contributed by atoms with E-state index in [4.69, 9.17) is 10.5 Å². The van der Waals surface area contributed by atoms with E-state index in [9.17, 15) is 18.0 Å². The quantitative estimate of drug-likeness (QED) is 0.845. The summed E-state index contributed by atoms with van der Waals surface area (Å²) in [5.41, 5.74) is 5.38. The van der Waals surface area contributed by atoms with Crippen LogP contribution in [0.2, 0.25) is 0 Å². The Kier molecular flexibility index (Phi) is 5.05. The summed E-state index contributed by atoms with van der Waals surface area (Å²) in [6.45, 7) is 4.33. The topological polar surface area (TPSA) is 80.5 Å². The largest absolute Gasteiger partial charge is 0.429 e. The van der Waals surface area contributed by atoms with Gasteiger partial charge < -0.3 is 20.7 Å². The fourth-order valence-corrected chi connectivity index (χ4v) is 3.46. The summed E-state index contributed by atoms with van der Waals surface area (Å²) < 4.78 is 45.0. The second kappa shape index (κ2) is 7.12. The number of amides is 1. The van der Waals surface area contributed by atoms with Crippen molar-refractivity contribution in [1.29, 1.82) is 0 Å². The molecule has 0 atom stereocenters. The van der Waals surface area contributed by atoms with E-state index < -0.39 is 17.6 Å². The van der Waals surface area contributed by atoms with Crippen LogP contribution in [-0.4, -0.2) is 37.1 Å². The van der Waals surface area contributed by atoms with Crippen LogP contribution in [0.5, 0.6) is 10.9 Å². The maximum atomic E-state index is 13.1. The molecule has 1 saturated heterocycles. The van der Waals surface area contributed by atoms with E-state index in [1.807, 2.05) is 4.90 Å². The molecule has 0 spiro atoms. The summed E-state index contributed by atoms with van der Waals surface area (Å²) in [6, 6.07) is 3.39. The van der Waals surface area contributed by atoms with E-state index in [1.165, 1.54) is 6.07 Å². The Bertz CT molecular complexity index is 816. The molecule has 3 rings (SSSR count). The van der Waals surface area contributed by atoms with Crippen LogP contribution >= 0.6 is 11.3 Å². The molecule has 1 fully saturated rings. The van der Waals surface area contributed by atoms with Gasteiger partial charge in [-0.15, -0.1) is 0 Å². The van der Waals surface area contributed by atoms with Gasteiger partial charge in [0.1, 0.15) is 4.88 Å². The Balaban J connectivity index is 1.98. The van der Waals surface area contributed by atoms with Crippen LogP contribution in [-0.2, 0) is 6.18 Å². The molecule has 10 heteroatoms. The number of hydrogen-bond acceptors (Lipinski definition) is 6. The number of aryl methyl sites for hydroxylation is 1. The normalized spacial score (nSPS) is 15.2. The smallest absolute Gasteiger partial charge is 0.416 e. The van der Waals surface area contributed by atoms with Crippen LogP contribution in [0.25, 0.3) is 0 Å². The molecule has 1 amide bonds. The van der Waals surface area contributed by atoms with Crippen LogP contribution in [0.4, 0.5) is 18.9 Å². The van der Waals surface area contributed by atoms with Gasteiger partial charge in [-0.05, 0) is 25.1 Å². The fraction of sp³-hybridized carbons (Fsp3) is 0.375. The second-order valence-corrected chi connectivity index (χ2v) is 6.74. The second-order valence-electron chi connectivity index (χ2n) is 5.78. The van der Waals surface area contributed by atoms with Crippen molar-refractivity contribution < 1.29 is 22.7 Å². The van der Waals surface area contributed by atoms with E-state index in [2.05, 4.69) is 10.3 Å². The highest BCUT2D eigenvalue weighted by molar-refractivity contribution is 7.15. The van der Waals surface area contributed by atoms with Crippen molar-refractivity contribution in [3.05, 3.63) is 34.3 Å². The van der Waals surface area contributed by atoms with Gasteiger partial charge in [-0.2, -0.15) is 13.2 Å². The molecule has 140 valence electrons. The first kappa shape index (κ1) is 18.5. The van der Waals surface area contributed by atoms with E-state index >= 15 is 0 Å². The summed E-state index contributed by atoms with van der Waals surface area (Å²) in [5, 5.41) is 3.26. The summed E-state index contributed by atoms with van der Waals surface area (Å²) in [4.78, 5) is 17.6. The number of nitrogens with two attached hydrogens (primary N) is 1. The van der Waals surface area contributed by atoms with Gasteiger partial charge in [0, 0.05) is 26.2 Å². The molecule has 1 aliphatic heterocycles. The number of benzene rings is 1. The third kappa shape index (κ3) is 3.91. The average Bonchev–Trinajstić information content (AvgIpc) is 2.95. The molecule has 1 aromatic heterocycles. The maximum absolute atomic E-state index is 13.1. The number of primary amides is 1. The van der Waals surface area contributed by atoms with Crippen molar-refractivity contribution in [3.63, 3.8) is 0 Å². The van der Waals surface area contributed by atoms with Gasteiger partial charge in [0.05, 0.1) is 16.9 Å². The Hall–Kier alpha value is -2.33. The minimum Gasteiger partial charge on any atom is -0.429 e. The van der Waals surface area contributed by atoms with E-state index in [0.717, 1.165) is 36.6 Å². The Labute approximate surface area is 151 Å². The predicted molar refractivity (Wildman–Crippen MR) is 92.0 cm³/mol. The standard InChI is InChI=1S/C16H17F3N4O2S/c1-9-13(14(20)24)26-15(22-9)25-12-8-10(16(17,18)19)2-3-11(12)23-6-4-21-5-7-23/h2-3,8,21H,4-7H2,1H3,(H2,20,24). The number of rotatable bonds is 4. The van der Waals surface area contributed by atoms with Gasteiger partial charge in [0.15, 0.2) is 5.75 Å². The lowest BCUT2D eigenvalue weighted by molar-refractivity contribution is -0.137. The molecule has 2 aromatic rings. The molecule has 0 saturated carbocycles. The minimum absolute atomic E-state index is 0.0477. The molecule has 0 bridgehead atoms. The van der Waals surface area contributed by atoms with Gasteiger partial charge in [0.2, 0.25) is 0 Å². The molecular formula is C16H17F3N4O2S. The first-order chi connectivity index (χ1) is 12.3. The van der Waals surface area contributed by atoms with Crippen molar-refractivity contribution in [2.24, 2.45) is 5.73 Å². The Morgan fingerprint density at radius 1 is 1.35 bits per heavy atom. The number of piperazine rings is 1. The SMILES string of the molecule is Cc1nc(Oc2cc(C(F)(F)F)ccc2N2CCNCC2)sc1C(N)=O. The molecule has 6 nitrogen and oxygen atoms in total. The van der Waals surface area contributed by atoms with Crippen LogP contribution < -0.4 is 20.7 Å². The Morgan fingerprint density at radius 3 is 2.62 bits per heavy atom. The van der Waals surface area contributed by atoms with Gasteiger partial charge in [-0.25, -0.2) is 4.98 Å². The molecule has 0 aliphatic carbocycles. The monoisotopic (exact) mass is 386 g/mol. The molecule has 0 radical (unpaired) electrons. The number of thiazole rings is 1. The van der Waals surface area contributed by atoms with Crippen molar-refractivity contribution in [1.82, 2.24) is 10.3 Å². The van der Waals surface area contributed by atoms with Crippen LogP contribution in [0.15, 0.2) is 18.2 Å². The van der Waals surface area contributed by atoms with Crippen molar-refractivity contribution >= 4 is 22.9 Å². The molecular weight excluding hydrogens is 369 g/mol. The highest BCUT2D eigenvalue weighted by Gasteiger charge is 2.32. The maximum Gasteiger partial charge on any atom is 0.416 e. The number of halogens is 3. The lowest BCUT2D eigenvalue weighted by Crippen LogP contribution is -2.43. The average molecular weight is 386 g/mol. The molecule has 1 aliphatic rings. The van der Waals surface area contributed by atoms with E-state index in [-0.39, 0.29) is 15.8 Å². The first-order valence-corrected chi connectivity index (χ1v) is 8.69. The number of carbonyl (C=O) groups excluding carboxylic acids is 1. The van der Waals surface area contributed by atoms with Crippen molar-refractivity contribution in [3.8, 4) is 10.9 Å². The van der Waals surface area contributed by atoms with Crippen LogP contribution in [0.3, 0.4) is 0 Å². The lowest BCUT2D eigenvalue weighted by Gasteiger charge is -2.30. The number of anilines is 1. The zero-order chi connectivity index (χ0) is 18.9. The molecule has 2 heterocycles. The van der Waals surface area contributed by atoms with Crippen LogP contribution in [0.1, 0.15) is 20.9 Å². The first-order valence-electron chi connectivity index (χ1n) is 7.87. The van der Waals surface area contributed by atoms with Crippen molar-refractivity contribution in [2.75, 3.05) is 31.1 Å². The molecule has 1 aromatic carbocycles. The van der Waals surface area contributed by atoms with Crippen LogP contribution in [0, 0.1) is 6.92 Å². The van der Waals surface area contributed by atoms with Gasteiger partial charge in [-0.3, -0.25) is 4.79 Å². The summed E-state index contributed by atoms with van der Waals surface area (Å²) in [6.07, 6.45) is -4.49. The Morgan fingerprint density at radius 2 is 2.04 bits per heavy atom. The molecule has 3 N–H and O–H groups in total. The number of nitrogens with one attached hydrogen (secondary N) is 1. The molecule has 26 heavy (non-hydrogen) atoms. The lowest BCUT2D eigenvalue weighted by atomic mass is 10.1. The number of alkyl halides is 3. The number of hydrogen-bond donors (Lipinski definition) is 2. The predicted octanol–water partition coefficient (Wildman–Crippen LogP) is 2.77. The third-order valence-electron chi connectivity index (χ3n) is 3.94. The highest BCUT2D eigenvalue weighted by Crippen LogP contribution is 2.40. The van der Waals surface area contributed by atoms with Gasteiger partial charge in [-0.1, -0.05) is 11.3 Å². The fourth-order valence-electron chi connectivity index (χ4n) is 2.68. The van der Waals surface area contributed by atoms with Gasteiger partial charge >= 0.3 is 6.18 Å².